The Bertz CT molecular complexity index is 2850. The summed E-state index contributed by atoms with van der Waals surface area (Å²) in [5.74, 6) is 0.877. The van der Waals surface area contributed by atoms with Gasteiger partial charge in [-0.15, -0.1) is 0 Å². The molecule has 0 saturated carbocycles. The van der Waals surface area contributed by atoms with Crippen LogP contribution in [0.25, 0.3) is 88.8 Å². The predicted molar refractivity (Wildman–Crippen MR) is 207 cm³/mol. The Labute approximate surface area is 289 Å². The first kappa shape index (κ1) is 28.3. The van der Waals surface area contributed by atoms with Gasteiger partial charge in [0.15, 0.2) is 0 Å². The lowest BCUT2D eigenvalue weighted by molar-refractivity contribution is 1.08. The standard InChI is InChI=1S/C46H30N4/c1-3-12-31(13-4-1)40-26-23-34(30-47-40)41-18-11-21-46(48-41)50-43-20-10-8-17-37(43)39-28-32(24-27-44(39)50)33-22-25-38-36-16-7-9-19-42(36)49(45(38)29-33)35-14-5-2-6-15-35/h1-30H. The number of aromatic nitrogens is 4. The fraction of sp³-hybridized carbons (Fsp3) is 0. The van der Waals surface area contributed by atoms with E-state index in [0.717, 1.165) is 45.1 Å². The van der Waals surface area contributed by atoms with Crippen LogP contribution in [0.2, 0.25) is 0 Å². The number of hydrogen-bond donors (Lipinski definition) is 0. The zero-order valence-electron chi connectivity index (χ0n) is 27.1. The first-order valence-electron chi connectivity index (χ1n) is 16.9. The van der Waals surface area contributed by atoms with Gasteiger partial charge in [-0.2, -0.15) is 0 Å². The average molecular weight is 639 g/mol. The van der Waals surface area contributed by atoms with Gasteiger partial charge in [0.05, 0.1) is 33.5 Å². The summed E-state index contributed by atoms with van der Waals surface area (Å²) < 4.78 is 4.65. The molecule has 0 atom stereocenters. The van der Waals surface area contributed by atoms with Crippen molar-refractivity contribution in [2.75, 3.05) is 0 Å². The number of fused-ring (bicyclic) bond motifs is 6. The highest BCUT2D eigenvalue weighted by atomic mass is 15.1. The molecule has 0 amide bonds. The number of rotatable bonds is 5. The van der Waals surface area contributed by atoms with E-state index in [-0.39, 0.29) is 0 Å². The monoisotopic (exact) mass is 638 g/mol. The van der Waals surface area contributed by atoms with Crippen LogP contribution in [0.5, 0.6) is 0 Å². The van der Waals surface area contributed by atoms with Crippen molar-refractivity contribution in [1.82, 2.24) is 19.1 Å². The molecule has 0 saturated heterocycles. The topological polar surface area (TPSA) is 35.6 Å². The van der Waals surface area contributed by atoms with Gasteiger partial charge < -0.3 is 4.57 Å². The molecule has 4 heteroatoms. The molecule has 234 valence electrons. The summed E-state index contributed by atoms with van der Waals surface area (Å²) in [4.78, 5) is 9.94. The summed E-state index contributed by atoms with van der Waals surface area (Å²) in [6.07, 6.45) is 1.92. The van der Waals surface area contributed by atoms with Crippen molar-refractivity contribution in [2.24, 2.45) is 0 Å². The highest BCUT2D eigenvalue weighted by Crippen LogP contribution is 2.38. The van der Waals surface area contributed by atoms with Gasteiger partial charge in [-0.3, -0.25) is 9.55 Å². The quantitative estimate of drug-likeness (QED) is 0.188. The van der Waals surface area contributed by atoms with E-state index in [4.69, 9.17) is 9.97 Å². The molecule has 0 aliphatic rings. The average Bonchev–Trinajstić information content (AvgIpc) is 3.71. The van der Waals surface area contributed by atoms with Crippen LogP contribution in [0.15, 0.2) is 182 Å². The molecule has 10 aromatic rings. The second-order valence-corrected chi connectivity index (χ2v) is 12.7. The Kier molecular flexibility index (Phi) is 6.46. The molecule has 4 aromatic heterocycles. The van der Waals surface area contributed by atoms with Crippen molar-refractivity contribution in [1.29, 1.82) is 0 Å². The third-order valence-electron chi connectivity index (χ3n) is 9.79. The predicted octanol–water partition coefficient (Wildman–Crippen LogP) is 11.7. The summed E-state index contributed by atoms with van der Waals surface area (Å²) in [5, 5.41) is 4.91. The van der Waals surface area contributed by atoms with E-state index in [1.165, 1.54) is 43.7 Å². The molecule has 4 nitrogen and oxygen atoms in total. The van der Waals surface area contributed by atoms with Crippen LogP contribution < -0.4 is 0 Å². The Balaban J connectivity index is 1.10. The van der Waals surface area contributed by atoms with Crippen molar-refractivity contribution < 1.29 is 0 Å². The Morgan fingerprint density at radius 1 is 0.340 bits per heavy atom. The van der Waals surface area contributed by atoms with Gasteiger partial charge in [-0.25, -0.2) is 4.98 Å². The van der Waals surface area contributed by atoms with E-state index in [1.54, 1.807) is 0 Å². The number of nitrogens with zero attached hydrogens (tertiary/aromatic N) is 4. The molecular formula is C46H30N4. The van der Waals surface area contributed by atoms with Gasteiger partial charge in [0, 0.05) is 44.6 Å². The number of para-hydroxylation sites is 3. The molecule has 0 N–H and O–H groups in total. The molecule has 50 heavy (non-hydrogen) atoms. The molecule has 10 rings (SSSR count). The molecule has 6 aromatic carbocycles. The largest absolute Gasteiger partial charge is 0.309 e. The second kappa shape index (κ2) is 11.4. The molecular weight excluding hydrogens is 609 g/mol. The summed E-state index contributed by atoms with van der Waals surface area (Å²) in [5.41, 5.74) is 12.1. The van der Waals surface area contributed by atoms with Crippen LogP contribution in [0, 0.1) is 0 Å². The van der Waals surface area contributed by atoms with Crippen molar-refractivity contribution in [3.8, 4) is 45.1 Å². The summed E-state index contributed by atoms with van der Waals surface area (Å²) in [7, 11) is 0. The second-order valence-electron chi connectivity index (χ2n) is 12.7. The Morgan fingerprint density at radius 3 is 1.74 bits per heavy atom. The van der Waals surface area contributed by atoms with E-state index in [0.29, 0.717) is 0 Å². The van der Waals surface area contributed by atoms with Gasteiger partial charge in [0.25, 0.3) is 0 Å². The third-order valence-corrected chi connectivity index (χ3v) is 9.79. The molecule has 0 aliphatic carbocycles. The molecule has 0 fully saturated rings. The molecule has 0 radical (unpaired) electrons. The first-order valence-corrected chi connectivity index (χ1v) is 16.9. The summed E-state index contributed by atoms with van der Waals surface area (Å²) in [6, 6.07) is 62.3. The molecule has 0 bridgehead atoms. The Hall–Kier alpha value is -6.78. The maximum atomic E-state index is 5.18. The highest BCUT2D eigenvalue weighted by Gasteiger charge is 2.17. The van der Waals surface area contributed by atoms with E-state index in [9.17, 15) is 0 Å². The van der Waals surface area contributed by atoms with Crippen LogP contribution in [-0.2, 0) is 0 Å². The number of pyridine rings is 2. The molecule has 0 spiro atoms. The van der Waals surface area contributed by atoms with Crippen LogP contribution in [0.4, 0.5) is 0 Å². The van der Waals surface area contributed by atoms with Gasteiger partial charge in [0.2, 0.25) is 0 Å². The smallest absolute Gasteiger partial charge is 0.138 e. The van der Waals surface area contributed by atoms with E-state index >= 15 is 0 Å². The van der Waals surface area contributed by atoms with Crippen molar-refractivity contribution in [2.45, 2.75) is 0 Å². The maximum Gasteiger partial charge on any atom is 0.138 e. The zero-order chi connectivity index (χ0) is 33.0. The van der Waals surface area contributed by atoms with Gasteiger partial charge in [-0.1, -0.05) is 109 Å². The highest BCUT2D eigenvalue weighted by molar-refractivity contribution is 6.12. The number of hydrogen-bond acceptors (Lipinski definition) is 2. The van der Waals surface area contributed by atoms with Crippen molar-refractivity contribution in [3.05, 3.63) is 182 Å². The van der Waals surface area contributed by atoms with Crippen LogP contribution >= 0.6 is 0 Å². The summed E-state index contributed by atoms with van der Waals surface area (Å²) in [6.45, 7) is 0. The fourth-order valence-corrected chi connectivity index (χ4v) is 7.44. The van der Waals surface area contributed by atoms with Crippen LogP contribution in [0.1, 0.15) is 0 Å². The van der Waals surface area contributed by atoms with Gasteiger partial charge in [0.1, 0.15) is 5.82 Å². The SMILES string of the molecule is c1ccc(-c2ccc(-c3cccc(-n4c5ccccc5c5cc(-c6ccc7c8ccccc8n(-c8ccccc8)c7c6)ccc54)n3)cn2)cc1. The van der Waals surface area contributed by atoms with Crippen molar-refractivity contribution >= 4 is 43.6 Å². The molecule has 0 aliphatic heterocycles. The third kappa shape index (κ3) is 4.54. The fourth-order valence-electron chi connectivity index (χ4n) is 7.44. The zero-order valence-corrected chi connectivity index (χ0v) is 27.1. The van der Waals surface area contributed by atoms with E-state index < -0.39 is 0 Å². The lowest BCUT2D eigenvalue weighted by Crippen LogP contribution is -1.98. The van der Waals surface area contributed by atoms with Gasteiger partial charge in [-0.05, 0) is 77.9 Å². The molecule has 0 unspecified atom stereocenters. The lowest BCUT2D eigenvalue weighted by Gasteiger charge is -2.10. The Morgan fingerprint density at radius 2 is 0.960 bits per heavy atom. The minimum atomic E-state index is 0.877. The van der Waals surface area contributed by atoms with Gasteiger partial charge >= 0.3 is 0 Å². The lowest BCUT2D eigenvalue weighted by atomic mass is 10.0. The van der Waals surface area contributed by atoms with Crippen LogP contribution in [-0.4, -0.2) is 19.1 Å². The minimum absolute atomic E-state index is 0.877. The van der Waals surface area contributed by atoms with Crippen molar-refractivity contribution in [3.63, 3.8) is 0 Å². The van der Waals surface area contributed by atoms with Crippen LogP contribution in [0.3, 0.4) is 0 Å². The van der Waals surface area contributed by atoms with E-state index in [2.05, 4.69) is 167 Å². The minimum Gasteiger partial charge on any atom is -0.309 e. The van der Waals surface area contributed by atoms with E-state index in [1.807, 2.05) is 24.4 Å². The molecule has 4 heterocycles. The first-order chi connectivity index (χ1) is 24.8. The number of benzene rings is 6. The maximum absolute atomic E-state index is 5.18. The normalized spacial score (nSPS) is 11.6. The summed E-state index contributed by atoms with van der Waals surface area (Å²) >= 11 is 0.